The number of hydrogen-bond donors (Lipinski definition) is 1. The highest BCUT2D eigenvalue weighted by Gasteiger charge is 2.18. The van der Waals surface area contributed by atoms with Crippen molar-refractivity contribution in [3.8, 4) is 0 Å². The molecule has 2 rings (SSSR count). The highest BCUT2D eigenvalue weighted by atomic mass is 16.5. The molecule has 0 spiro atoms. The van der Waals surface area contributed by atoms with Crippen LogP contribution in [0.5, 0.6) is 0 Å². The van der Waals surface area contributed by atoms with Crippen molar-refractivity contribution >= 4 is 11.5 Å². The SMILES string of the molecule is CCOC(=O)c1cc(C2=C(C)CCNC2)n(C)n1. The summed E-state index contributed by atoms with van der Waals surface area (Å²) in [7, 11) is 1.85. The lowest BCUT2D eigenvalue weighted by atomic mass is 10.00. The molecule has 1 aliphatic heterocycles. The number of rotatable bonds is 3. The number of hydrogen-bond acceptors (Lipinski definition) is 4. The number of carbonyl (C=O) groups is 1. The summed E-state index contributed by atoms with van der Waals surface area (Å²) in [6.45, 7) is 6.13. The van der Waals surface area contributed by atoms with Gasteiger partial charge >= 0.3 is 5.97 Å². The van der Waals surface area contributed by atoms with Crippen molar-refractivity contribution in [3.05, 3.63) is 23.0 Å². The van der Waals surface area contributed by atoms with E-state index in [0.29, 0.717) is 12.3 Å². The Hall–Kier alpha value is -1.62. The smallest absolute Gasteiger partial charge is 0.358 e. The van der Waals surface area contributed by atoms with Crippen LogP contribution in [-0.2, 0) is 11.8 Å². The molecule has 0 bridgehead atoms. The van der Waals surface area contributed by atoms with E-state index in [1.165, 1.54) is 11.1 Å². The monoisotopic (exact) mass is 249 g/mol. The second-order valence-electron chi connectivity index (χ2n) is 4.44. The summed E-state index contributed by atoms with van der Waals surface area (Å²) in [5.41, 5.74) is 3.95. The van der Waals surface area contributed by atoms with Crippen LogP contribution in [0.15, 0.2) is 11.6 Å². The topological polar surface area (TPSA) is 56.1 Å². The third-order valence-electron chi connectivity index (χ3n) is 3.17. The van der Waals surface area contributed by atoms with Gasteiger partial charge in [-0.3, -0.25) is 4.68 Å². The number of ether oxygens (including phenoxy) is 1. The van der Waals surface area contributed by atoms with E-state index in [4.69, 9.17) is 4.74 Å². The Bertz CT molecular complexity index is 488. The molecule has 0 fully saturated rings. The van der Waals surface area contributed by atoms with Crippen molar-refractivity contribution in [2.45, 2.75) is 20.3 Å². The van der Waals surface area contributed by atoms with Gasteiger partial charge in [-0.1, -0.05) is 5.57 Å². The molecule has 0 radical (unpaired) electrons. The quantitative estimate of drug-likeness (QED) is 0.822. The second kappa shape index (κ2) is 5.35. The largest absolute Gasteiger partial charge is 0.461 e. The lowest BCUT2D eigenvalue weighted by Crippen LogP contribution is -2.24. The van der Waals surface area contributed by atoms with Crippen molar-refractivity contribution in [3.63, 3.8) is 0 Å². The molecule has 1 N–H and O–H groups in total. The third kappa shape index (κ3) is 2.46. The fraction of sp³-hybridized carbons (Fsp3) is 0.538. The maximum Gasteiger partial charge on any atom is 0.358 e. The second-order valence-corrected chi connectivity index (χ2v) is 4.44. The first-order chi connectivity index (χ1) is 8.63. The maximum absolute atomic E-state index is 11.6. The molecule has 5 nitrogen and oxygen atoms in total. The van der Waals surface area contributed by atoms with Crippen molar-refractivity contribution in [1.82, 2.24) is 15.1 Å². The molecule has 0 atom stereocenters. The lowest BCUT2D eigenvalue weighted by molar-refractivity contribution is 0.0518. The normalized spacial score (nSPS) is 15.9. The zero-order valence-corrected chi connectivity index (χ0v) is 11.1. The number of nitrogens with one attached hydrogen (secondary N) is 1. The summed E-state index contributed by atoms with van der Waals surface area (Å²) in [5.74, 6) is -0.360. The van der Waals surface area contributed by atoms with Crippen LogP contribution in [0.4, 0.5) is 0 Å². The minimum Gasteiger partial charge on any atom is -0.461 e. The molecule has 0 saturated carbocycles. The van der Waals surface area contributed by atoms with E-state index >= 15 is 0 Å². The average Bonchev–Trinajstić information content (AvgIpc) is 2.72. The first kappa shape index (κ1) is 12.8. The van der Waals surface area contributed by atoms with Gasteiger partial charge in [0, 0.05) is 13.6 Å². The van der Waals surface area contributed by atoms with Gasteiger partial charge in [-0.25, -0.2) is 4.79 Å². The Morgan fingerprint density at radius 1 is 1.61 bits per heavy atom. The summed E-state index contributed by atoms with van der Waals surface area (Å²) in [6, 6.07) is 1.81. The van der Waals surface area contributed by atoms with E-state index in [1.807, 2.05) is 13.1 Å². The van der Waals surface area contributed by atoms with Crippen LogP contribution < -0.4 is 5.32 Å². The minimum atomic E-state index is -0.360. The highest BCUT2D eigenvalue weighted by molar-refractivity contribution is 5.88. The van der Waals surface area contributed by atoms with Gasteiger partial charge in [-0.15, -0.1) is 0 Å². The molecule has 1 aromatic heterocycles. The van der Waals surface area contributed by atoms with Gasteiger partial charge in [-0.2, -0.15) is 5.10 Å². The van der Waals surface area contributed by atoms with Crippen LogP contribution in [0.3, 0.4) is 0 Å². The van der Waals surface area contributed by atoms with Crippen molar-refractivity contribution in [2.75, 3.05) is 19.7 Å². The molecule has 0 aromatic carbocycles. The van der Waals surface area contributed by atoms with Crippen molar-refractivity contribution in [1.29, 1.82) is 0 Å². The van der Waals surface area contributed by atoms with Gasteiger partial charge in [0.1, 0.15) is 0 Å². The number of nitrogens with zero attached hydrogens (tertiary/aromatic N) is 2. The predicted molar refractivity (Wildman–Crippen MR) is 69.2 cm³/mol. The first-order valence-electron chi connectivity index (χ1n) is 6.24. The highest BCUT2D eigenvalue weighted by Crippen LogP contribution is 2.23. The molecular formula is C13H19N3O2. The first-order valence-corrected chi connectivity index (χ1v) is 6.24. The molecule has 5 heteroatoms. The van der Waals surface area contributed by atoms with E-state index in [-0.39, 0.29) is 5.97 Å². The molecule has 1 aliphatic rings. The Morgan fingerprint density at radius 3 is 3.06 bits per heavy atom. The van der Waals surface area contributed by atoms with Crippen LogP contribution in [0.25, 0.3) is 5.57 Å². The molecule has 0 unspecified atom stereocenters. The molecule has 0 saturated heterocycles. The van der Waals surface area contributed by atoms with Crippen LogP contribution in [0.2, 0.25) is 0 Å². The summed E-state index contributed by atoms with van der Waals surface area (Å²) >= 11 is 0. The van der Waals surface area contributed by atoms with Gasteiger partial charge in [0.05, 0.1) is 12.3 Å². The Labute approximate surface area is 107 Å². The van der Waals surface area contributed by atoms with E-state index < -0.39 is 0 Å². The molecule has 2 heterocycles. The van der Waals surface area contributed by atoms with Crippen LogP contribution in [-0.4, -0.2) is 35.4 Å². The third-order valence-corrected chi connectivity index (χ3v) is 3.17. The predicted octanol–water partition coefficient (Wildman–Crippen LogP) is 1.36. The van der Waals surface area contributed by atoms with Crippen LogP contribution >= 0.6 is 0 Å². The molecule has 98 valence electrons. The van der Waals surface area contributed by atoms with E-state index in [0.717, 1.165) is 25.2 Å². The summed E-state index contributed by atoms with van der Waals surface area (Å²) < 4.78 is 6.71. The molecular weight excluding hydrogens is 230 g/mol. The van der Waals surface area contributed by atoms with E-state index in [1.54, 1.807) is 11.6 Å². The fourth-order valence-electron chi connectivity index (χ4n) is 2.15. The number of carbonyl (C=O) groups excluding carboxylic acids is 1. The van der Waals surface area contributed by atoms with Crippen molar-refractivity contribution in [2.24, 2.45) is 7.05 Å². The fourth-order valence-corrected chi connectivity index (χ4v) is 2.15. The van der Waals surface area contributed by atoms with Gasteiger partial charge < -0.3 is 10.1 Å². The lowest BCUT2D eigenvalue weighted by Gasteiger charge is -2.18. The van der Waals surface area contributed by atoms with Crippen LogP contribution in [0, 0.1) is 0 Å². The summed E-state index contributed by atoms with van der Waals surface area (Å²) in [5, 5.41) is 7.56. The zero-order chi connectivity index (χ0) is 13.1. The Morgan fingerprint density at radius 2 is 2.39 bits per heavy atom. The summed E-state index contributed by atoms with van der Waals surface area (Å²) in [6.07, 6.45) is 1.04. The number of esters is 1. The standard InChI is InChI=1S/C13H19N3O2/c1-4-18-13(17)11-7-12(16(3)15-11)10-8-14-6-5-9(10)2/h7,14H,4-6,8H2,1-3H3. The van der Waals surface area contributed by atoms with Crippen LogP contribution in [0.1, 0.15) is 36.5 Å². The van der Waals surface area contributed by atoms with Gasteiger partial charge in [0.2, 0.25) is 0 Å². The maximum atomic E-state index is 11.6. The number of aromatic nitrogens is 2. The van der Waals surface area contributed by atoms with E-state index in [9.17, 15) is 4.79 Å². The average molecular weight is 249 g/mol. The molecule has 18 heavy (non-hydrogen) atoms. The minimum absolute atomic E-state index is 0.360. The Kier molecular flexibility index (Phi) is 3.81. The Balaban J connectivity index is 2.32. The number of aryl methyl sites for hydroxylation is 1. The van der Waals surface area contributed by atoms with E-state index in [2.05, 4.69) is 17.3 Å². The summed E-state index contributed by atoms with van der Waals surface area (Å²) in [4.78, 5) is 11.6. The van der Waals surface area contributed by atoms with Gasteiger partial charge in [-0.05, 0) is 38.5 Å². The molecule has 1 aromatic rings. The molecule has 0 aliphatic carbocycles. The zero-order valence-electron chi connectivity index (χ0n) is 11.1. The van der Waals surface area contributed by atoms with Gasteiger partial charge in [0.25, 0.3) is 0 Å². The van der Waals surface area contributed by atoms with Gasteiger partial charge in [0.15, 0.2) is 5.69 Å². The molecule has 0 amide bonds. The van der Waals surface area contributed by atoms with Crippen molar-refractivity contribution < 1.29 is 9.53 Å².